The minimum Gasteiger partial charge on any atom is -0.352 e. The first-order valence-corrected chi connectivity index (χ1v) is 6.81. The number of rotatable bonds is 7. The fourth-order valence-electron chi connectivity index (χ4n) is 1.54. The van der Waals surface area contributed by atoms with Crippen LogP contribution in [0.2, 0.25) is 0 Å². The molecule has 0 unspecified atom stereocenters. The summed E-state index contributed by atoms with van der Waals surface area (Å²) in [6.45, 7) is 5.09. The van der Waals surface area contributed by atoms with Gasteiger partial charge in [-0.15, -0.1) is 0 Å². The van der Waals surface area contributed by atoms with E-state index in [1.807, 2.05) is 17.0 Å². The Morgan fingerprint density at radius 1 is 1.58 bits per heavy atom. The van der Waals surface area contributed by atoms with E-state index < -0.39 is 0 Å². The Balaban J connectivity index is 2.33. The zero-order valence-electron chi connectivity index (χ0n) is 11.0. The predicted octanol–water partition coefficient (Wildman–Crippen LogP) is 2.67. The third-order valence-corrected chi connectivity index (χ3v) is 2.96. The average molecular weight is 324 g/mol. The Morgan fingerprint density at radius 2 is 2.37 bits per heavy atom. The van der Waals surface area contributed by atoms with E-state index >= 15 is 0 Å². The van der Waals surface area contributed by atoms with Crippen LogP contribution in [-0.2, 0) is 0 Å². The average Bonchev–Trinajstić information content (AvgIpc) is 2.42. The van der Waals surface area contributed by atoms with Gasteiger partial charge in [0.1, 0.15) is 0 Å². The highest BCUT2D eigenvalue weighted by Gasteiger charge is 2.04. The summed E-state index contributed by atoms with van der Waals surface area (Å²) in [7, 11) is 1.71. The molecule has 0 spiro atoms. The van der Waals surface area contributed by atoms with Crippen LogP contribution < -0.4 is 5.32 Å². The van der Waals surface area contributed by atoms with E-state index in [0.29, 0.717) is 12.1 Å². The molecule has 102 valence electrons. The first-order valence-electron chi connectivity index (χ1n) is 6.01. The Hall–Kier alpha value is -1.62. The van der Waals surface area contributed by atoms with Gasteiger partial charge in [0.05, 0.1) is 6.34 Å². The van der Waals surface area contributed by atoms with Crippen molar-refractivity contribution < 1.29 is 4.79 Å². The van der Waals surface area contributed by atoms with Gasteiger partial charge < -0.3 is 10.2 Å². The maximum absolute atomic E-state index is 11.8. The molecule has 0 aliphatic rings. The monoisotopic (exact) mass is 323 g/mol. The van der Waals surface area contributed by atoms with Crippen molar-refractivity contribution in [2.24, 2.45) is 4.99 Å². The standard InChI is InChI=1S/C14H18BrN3O/c1-3-18(11-16-2)9-5-8-17-14(19)12-6-4-7-13(15)10-12/h3-4,6-7,10-11H,1,5,8-9H2,2H3,(H,17,19). The van der Waals surface area contributed by atoms with E-state index in [1.165, 1.54) is 0 Å². The maximum atomic E-state index is 11.8. The lowest BCUT2D eigenvalue weighted by molar-refractivity contribution is 0.0953. The highest BCUT2D eigenvalue weighted by atomic mass is 79.9. The molecule has 1 aromatic rings. The van der Waals surface area contributed by atoms with Crippen molar-refractivity contribution in [2.45, 2.75) is 6.42 Å². The molecule has 0 aliphatic carbocycles. The van der Waals surface area contributed by atoms with Crippen LogP contribution in [0.4, 0.5) is 0 Å². The minimum absolute atomic E-state index is 0.0596. The molecule has 19 heavy (non-hydrogen) atoms. The van der Waals surface area contributed by atoms with E-state index in [1.54, 1.807) is 31.7 Å². The second-order valence-electron chi connectivity index (χ2n) is 3.91. The molecule has 4 nitrogen and oxygen atoms in total. The van der Waals surface area contributed by atoms with Crippen molar-refractivity contribution in [1.29, 1.82) is 0 Å². The van der Waals surface area contributed by atoms with Gasteiger partial charge in [0, 0.05) is 30.2 Å². The summed E-state index contributed by atoms with van der Waals surface area (Å²) < 4.78 is 0.900. The summed E-state index contributed by atoms with van der Waals surface area (Å²) in [4.78, 5) is 17.6. The highest BCUT2D eigenvalue weighted by molar-refractivity contribution is 9.10. The molecule has 1 amide bonds. The fourth-order valence-corrected chi connectivity index (χ4v) is 1.94. The number of halogens is 1. The largest absolute Gasteiger partial charge is 0.352 e. The summed E-state index contributed by atoms with van der Waals surface area (Å²) in [5, 5.41) is 2.88. The molecule has 0 atom stereocenters. The van der Waals surface area contributed by atoms with Gasteiger partial charge in [0.25, 0.3) is 5.91 Å². The lowest BCUT2D eigenvalue weighted by Crippen LogP contribution is -2.27. The molecule has 0 bridgehead atoms. The summed E-state index contributed by atoms with van der Waals surface area (Å²) in [6, 6.07) is 7.33. The number of nitrogens with zero attached hydrogens (tertiary/aromatic N) is 2. The molecular formula is C14H18BrN3O. The van der Waals surface area contributed by atoms with Crippen LogP contribution >= 0.6 is 15.9 Å². The smallest absolute Gasteiger partial charge is 0.251 e. The number of carbonyl (C=O) groups is 1. The summed E-state index contributed by atoms with van der Waals surface area (Å²) >= 11 is 3.35. The van der Waals surface area contributed by atoms with Crippen molar-refractivity contribution >= 4 is 28.2 Å². The van der Waals surface area contributed by atoms with Crippen LogP contribution in [0.1, 0.15) is 16.8 Å². The van der Waals surface area contributed by atoms with Crippen molar-refractivity contribution in [3.8, 4) is 0 Å². The molecule has 1 N–H and O–H groups in total. The Labute approximate surface area is 122 Å². The topological polar surface area (TPSA) is 44.7 Å². The maximum Gasteiger partial charge on any atom is 0.251 e. The van der Waals surface area contributed by atoms with Gasteiger partial charge in [-0.2, -0.15) is 0 Å². The molecule has 0 heterocycles. The second kappa shape index (κ2) is 8.48. The van der Waals surface area contributed by atoms with Gasteiger partial charge in [-0.3, -0.25) is 9.79 Å². The molecule has 5 heteroatoms. The zero-order valence-corrected chi connectivity index (χ0v) is 12.6. The molecule has 0 radical (unpaired) electrons. The normalized spacial score (nSPS) is 10.4. The third-order valence-electron chi connectivity index (χ3n) is 2.46. The lowest BCUT2D eigenvalue weighted by Gasteiger charge is -2.13. The highest BCUT2D eigenvalue weighted by Crippen LogP contribution is 2.11. The van der Waals surface area contributed by atoms with Gasteiger partial charge in [-0.05, 0) is 30.8 Å². The zero-order chi connectivity index (χ0) is 14.1. The number of hydrogen-bond acceptors (Lipinski definition) is 2. The van der Waals surface area contributed by atoms with Gasteiger partial charge in [-0.1, -0.05) is 28.6 Å². The first-order chi connectivity index (χ1) is 9.17. The quantitative estimate of drug-likeness (QED) is 0.476. The first kappa shape index (κ1) is 15.4. The Kier molecular flexibility index (Phi) is 6.89. The number of aliphatic imine (C=N–C) groups is 1. The molecule has 1 rings (SSSR count). The lowest BCUT2D eigenvalue weighted by atomic mass is 10.2. The van der Waals surface area contributed by atoms with Crippen molar-refractivity contribution in [1.82, 2.24) is 10.2 Å². The number of benzene rings is 1. The predicted molar refractivity (Wildman–Crippen MR) is 82.4 cm³/mol. The molecule has 1 aromatic carbocycles. The van der Waals surface area contributed by atoms with Gasteiger partial charge in [0.2, 0.25) is 0 Å². The molecular weight excluding hydrogens is 306 g/mol. The molecule has 0 aliphatic heterocycles. The number of nitrogens with one attached hydrogen (secondary N) is 1. The van der Waals surface area contributed by atoms with E-state index in [-0.39, 0.29) is 5.91 Å². The van der Waals surface area contributed by atoms with Crippen molar-refractivity contribution in [3.63, 3.8) is 0 Å². The Bertz CT molecular complexity index is 460. The molecule has 0 saturated carbocycles. The second-order valence-corrected chi connectivity index (χ2v) is 4.83. The van der Waals surface area contributed by atoms with Crippen LogP contribution in [0, 0.1) is 0 Å². The van der Waals surface area contributed by atoms with Gasteiger partial charge >= 0.3 is 0 Å². The van der Waals surface area contributed by atoms with Crippen LogP contribution in [0.3, 0.4) is 0 Å². The molecule has 0 aromatic heterocycles. The van der Waals surface area contributed by atoms with Crippen molar-refractivity contribution in [2.75, 3.05) is 20.1 Å². The van der Waals surface area contributed by atoms with E-state index in [2.05, 4.69) is 32.8 Å². The van der Waals surface area contributed by atoms with Crippen LogP contribution in [0.15, 0.2) is 46.5 Å². The summed E-state index contributed by atoms with van der Waals surface area (Å²) in [5.74, 6) is -0.0596. The third kappa shape index (κ3) is 5.70. The summed E-state index contributed by atoms with van der Waals surface area (Å²) in [5.41, 5.74) is 0.657. The summed E-state index contributed by atoms with van der Waals surface area (Å²) in [6.07, 6.45) is 4.25. The van der Waals surface area contributed by atoms with Crippen LogP contribution in [-0.4, -0.2) is 37.3 Å². The van der Waals surface area contributed by atoms with Gasteiger partial charge in [0.15, 0.2) is 0 Å². The number of hydrogen-bond donors (Lipinski definition) is 1. The van der Waals surface area contributed by atoms with Gasteiger partial charge in [-0.25, -0.2) is 0 Å². The number of carbonyl (C=O) groups excluding carboxylic acids is 1. The van der Waals surface area contributed by atoms with E-state index in [4.69, 9.17) is 0 Å². The fraction of sp³-hybridized carbons (Fsp3) is 0.286. The van der Waals surface area contributed by atoms with E-state index in [0.717, 1.165) is 17.4 Å². The van der Waals surface area contributed by atoms with Crippen LogP contribution in [0.5, 0.6) is 0 Å². The number of amides is 1. The Morgan fingerprint density at radius 3 is 3.00 bits per heavy atom. The molecule has 0 fully saturated rings. The van der Waals surface area contributed by atoms with E-state index in [9.17, 15) is 4.79 Å². The SMILES string of the molecule is C=CN(C=NC)CCCNC(=O)c1cccc(Br)c1. The minimum atomic E-state index is -0.0596. The van der Waals surface area contributed by atoms with Crippen molar-refractivity contribution in [3.05, 3.63) is 47.1 Å². The van der Waals surface area contributed by atoms with Crippen LogP contribution in [0.25, 0.3) is 0 Å². The molecule has 0 saturated heterocycles.